The number of rotatable bonds is 16. The van der Waals surface area contributed by atoms with Crippen molar-refractivity contribution in [1.29, 1.82) is 0 Å². The van der Waals surface area contributed by atoms with Crippen LogP contribution in [0.5, 0.6) is 0 Å². The van der Waals surface area contributed by atoms with E-state index in [1.54, 1.807) is 53.0 Å². The van der Waals surface area contributed by atoms with E-state index in [2.05, 4.69) is 30.4 Å². The van der Waals surface area contributed by atoms with E-state index in [0.29, 0.717) is 17.0 Å². The first-order valence-electron chi connectivity index (χ1n) is 16.1. The summed E-state index contributed by atoms with van der Waals surface area (Å²) in [5.74, 6) is -1.54. The largest absolute Gasteiger partial charge is 0.465 e. The van der Waals surface area contributed by atoms with Crippen molar-refractivity contribution in [3.8, 4) is 0 Å². The summed E-state index contributed by atoms with van der Waals surface area (Å²) in [5, 5.41) is 32.0. The number of nitrogens with zero attached hydrogens (tertiary/aromatic N) is 4. The van der Waals surface area contributed by atoms with Gasteiger partial charge >= 0.3 is 19.6 Å². The van der Waals surface area contributed by atoms with Crippen molar-refractivity contribution in [3.05, 3.63) is 6.33 Å². The summed E-state index contributed by atoms with van der Waals surface area (Å²) in [7, 11) is -4.26. The van der Waals surface area contributed by atoms with Gasteiger partial charge in [0.05, 0.1) is 26.1 Å². The molecule has 0 bridgehead atoms. The van der Waals surface area contributed by atoms with Gasteiger partial charge in [0.2, 0.25) is 5.95 Å². The van der Waals surface area contributed by atoms with Crippen molar-refractivity contribution < 1.29 is 43.1 Å². The molecule has 5 unspecified atom stereocenters. The van der Waals surface area contributed by atoms with Crippen molar-refractivity contribution in [2.45, 2.75) is 109 Å². The Labute approximate surface area is 273 Å². The fourth-order valence-electron chi connectivity index (χ4n) is 6.17. The molecule has 1 saturated heterocycles. The first-order valence-corrected chi connectivity index (χ1v) is 17.7. The normalized spacial score (nSPS) is 29.4. The Morgan fingerprint density at radius 1 is 1.11 bits per heavy atom. The molecule has 7 atom stereocenters. The summed E-state index contributed by atoms with van der Waals surface area (Å²) >= 11 is 0. The van der Waals surface area contributed by atoms with Gasteiger partial charge in [-0.15, -0.1) is 0 Å². The Bertz CT molecular complexity index is 1500. The number of nitrogens with two attached hydrogens (primary N) is 1. The maximum atomic E-state index is 14.4. The number of aliphatic hydroxyl groups excluding tert-OH is 1. The number of hydrogen-bond donors (Lipinski definition) is 6. The van der Waals surface area contributed by atoms with E-state index < -0.39 is 67.8 Å². The third-order valence-corrected chi connectivity index (χ3v) is 10.7. The van der Waals surface area contributed by atoms with Crippen molar-refractivity contribution in [2.24, 2.45) is 11.8 Å². The first kappa shape index (κ1) is 35.4. The van der Waals surface area contributed by atoms with Gasteiger partial charge in [0.1, 0.15) is 41.5 Å². The van der Waals surface area contributed by atoms with Crippen molar-refractivity contribution in [2.75, 3.05) is 30.9 Å². The number of ether oxygens (including phenoxy) is 3. The molecule has 5 rings (SSSR count). The molecule has 2 aliphatic carbocycles. The van der Waals surface area contributed by atoms with Crippen LogP contribution in [-0.4, -0.2) is 103 Å². The highest BCUT2D eigenvalue weighted by Gasteiger charge is 2.85. The number of esters is 2. The molecular weight excluding hydrogens is 635 g/mol. The Morgan fingerprint density at radius 2 is 1.68 bits per heavy atom. The Hall–Kier alpha value is -2.92. The molecule has 17 nitrogen and oxygen atoms in total. The second kappa shape index (κ2) is 13.2. The zero-order valence-electron chi connectivity index (χ0n) is 27.8. The summed E-state index contributed by atoms with van der Waals surface area (Å²) in [5.41, 5.74) is 3.74. The molecule has 262 valence electrons. The number of anilines is 2. The van der Waals surface area contributed by atoms with Gasteiger partial charge in [-0.05, 0) is 45.4 Å². The van der Waals surface area contributed by atoms with E-state index in [-0.39, 0.29) is 37.0 Å². The van der Waals surface area contributed by atoms with Gasteiger partial charge in [0.25, 0.3) is 0 Å². The molecule has 18 heteroatoms. The first-order chi connectivity index (χ1) is 22.1. The van der Waals surface area contributed by atoms with E-state index in [0.717, 1.165) is 12.8 Å². The molecule has 1 aliphatic heterocycles. The van der Waals surface area contributed by atoms with Gasteiger partial charge in [-0.25, -0.2) is 15.2 Å². The van der Waals surface area contributed by atoms with E-state index in [1.165, 1.54) is 6.33 Å². The average molecular weight is 683 g/mol. The highest BCUT2D eigenvalue weighted by Crippen LogP contribution is 2.68. The van der Waals surface area contributed by atoms with Crippen molar-refractivity contribution in [1.82, 2.24) is 29.7 Å². The van der Waals surface area contributed by atoms with Crippen molar-refractivity contribution in [3.63, 3.8) is 0 Å². The van der Waals surface area contributed by atoms with Crippen LogP contribution in [0, 0.1) is 11.8 Å². The van der Waals surface area contributed by atoms with E-state index in [9.17, 15) is 24.4 Å². The molecule has 3 aliphatic rings. The highest BCUT2D eigenvalue weighted by atomic mass is 31.2. The fraction of sp³-hybridized carbons (Fsp3) is 0.759. The van der Waals surface area contributed by atoms with Crippen LogP contribution in [-0.2, 0) is 32.9 Å². The summed E-state index contributed by atoms with van der Waals surface area (Å²) in [4.78, 5) is 38.7. The molecule has 2 aromatic rings. The van der Waals surface area contributed by atoms with Gasteiger partial charge < -0.3 is 44.6 Å². The van der Waals surface area contributed by atoms with Crippen LogP contribution < -0.4 is 21.2 Å². The molecule has 3 heterocycles. The third kappa shape index (κ3) is 6.58. The lowest BCUT2D eigenvalue weighted by Crippen LogP contribution is -2.49. The minimum Gasteiger partial charge on any atom is -0.465 e. The second-order valence-electron chi connectivity index (χ2n) is 13.2. The Balaban J connectivity index is 1.36. The SMILES string of the molecule is CCOC(=O)C(NP(=O)(NC(C(=O)OCC)C(C)C)OC[C@H]1OC2(C)[C@@H](n3cnc4c(NC5CC5)nc(N)nc43)C2(O)C1O)C(C)C. The fourth-order valence-corrected chi connectivity index (χ4v) is 8.29. The van der Waals surface area contributed by atoms with Crippen LogP contribution >= 0.6 is 7.67 Å². The van der Waals surface area contributed by atoms with Gasteiger partial charge in [-0.2, -0.15) is 9.97 Å². The summed E-state index contributed by atoms with van der Waals surface area (Å²) in [6, 6.07) is -2.65. The number of nitrogen functional groups attached to an aromatic ring is 1. The predicted molar refractivity (Wildman–Crippen MR) is 170 cm³/mol. The summed E-state index contributed by atoms with van der Waals surface area (Å²) in [6.45, 7) is 11.6. The van der Waals surface area contributed by atoms with Crippen LogP contribution in [0.1, 0.15) is 67.3 Å². The molecule has 2 saturated carbocycles. The molecule has 0 amide bonds. The Morgan fingerprint density at radius 3 is 2.15 bits per heavy atom. The minimum atomic E-state index is -4.26. The van der Waals surface area contributed by atoms with Gasteiger partial charge in [0, 0.05) is 6.04 Å². The molecule has 0 spiro atoms. The lowest BCUT2D eigenvalue weighted by molar-refractivity contribution is -0.146. The zero-order chi connectivity index (χ0) is 34.5. The molecule has 0 radical (unpaired) electrons. The number of nitrogens with one attached hydrogen (secondary N) is 3. The molecular formula is C29H47N8O9P. The number of imidazole rings is 1. The number of carbonyl (C=O) groups is 2. The van der Waals surface area contributed by atoms with E-state index in [1.807, 2.05) is 0 Å². The van der Waals surface area contributed by atoms with Crippen LogP contribution in [0.3, 0.4) is 0 Å². The maximum absolute atomic E-state index is 14.4. The van der Waals surface area contributed by atoms with E-state index >= 15 is 0 Å². The molecule has 3 fully saturated rings. The minimum absolute atomic E-state index is 0.0267. The van der Waals surface area contributed by atoms with Crippen LogP contribution in [0.2, 0.25) is 0 Å². The lowest BCUT2D eigenvalue weighted by atomic mass is 10.1. The number of aromatic nitrogens is 4. The van der Waals surface area contributed by atoms with Gasteiger partial charge in [-0.1, -0.05) is 27.7 Å². The number of carbonyl (C=O) groups excluding carboxylic acids is 2. The van der Waals surface area contributed by atoms with Crippen LogP contribution in [0.15, 0.2) is 6.33 Å². The quantitative estimate of drug-likeness (QED) is 0.108. The number of fused-ring (bicyclic) bond motifs is 2. The number of hydrogen-bond acceptors (Lipinski definition) is 14. The monoisotopic (exact) mass is 682 g/mol. The predicted octanol–water partition coefficient (Wildman–Crippen LogP) is 1.27. The molecule has 7 N–H and O–H groups in total. The Kier molecular flexibility index (Phi) is 9.92. The standard InChI is InChI=1S/C29H47N8O9P/c1-8-43-24(39)18(14(3)4)35-47(42,36-19(15(5)6)25(40)44-9-2)45-12-17-21(38)29(41)26(28(29,7)46-17)37-13-31-20-22(32-16-10-11-16)33-27(30)34-23(20)37/h13-19,21,26,38,41H,8-12H2,1-7H3,(H2,35,36,42)(H3,30,32,33,34)/t17-,18?,19?,21?,26-,28?,29?,47?/m1/s1. The van der Waals surface area contributed by atoms with Crippen LogP contribution in [0.4, 0.5) is 11.8 Å². The topological polar surface area (TPSA) is 234 Å². The second-order valence-corrected chi connectivity index (χ2v) is 15.0. The summed E-state index contributed by atoms with van der Waals surface area (Å²) in [6.07, 6.45) is 0.880. The maximum Gasteiger partial charge on any atom is 0.342 e. The van der Waals surface area contributed by atoms with Gasteiger partial charge in [0.15, 0.2) is 17.0 Å². The molecule has 2 aromatic heterocycles. The third-order valence-electron chi connectivity index (χ3n) is 8.94. The summed E-state index contributed by atoms with van der Waals surface area (Å²) < 4.78 is 38.5. The average Bonchev–Trinajstić information content (AvgIpc) is 3.82. The number of aliphatic hydroxyl groups is 2. The van der Waals surface area contributed by atoms with Crippen LogP contribution in [0.25, 0.3) is 11.2 Å². The van der Waals surface area contributed by atoms with E-state index in [4.69, 9.17) is 24.5 Å². The highest BCUT2D eigenvalue weighted by molar-refractivity contribution is 7.54. The van der Waals surface area contributed by atoms with Gasteiger partial charge in [-0.3, -0.25) is 14.2 Å². The lowest BCUT2D eigenvalue weighted by Gasteiger charge is -2.32. The molecule has 47 heavy (non-hydrogen) atoms. The molecule has 0 aromatic carbocycles. The smallest absolute Gasteiger partial charge is 0.342 e. The van der Waals surface area contributed by atoms with Crippen molar-refractivity contribution >= 4 is 42.5 Å². The zero-order valence-corrected chi connectivity index (χ0v) is 28.7.